The number of carbonyl (C=O) groups is 1. The van der Waals surface area contributed by atoms with Gasteiger partial charge in [-0.15, -0.1) is 0 Å². The van der Waals surface area contributed by atoms with Crippen LogP contribution >= 0.6 is 12.2 Å². The normalized spacial score (nSPS) is 13.7. The molecular weight excluding hydrogens is 379 g/mol. The van der Waals surface area contributed by atoms with Gasteiger partial charge in [0.25, 0.3) is 0 Å². The van der Waals surface area contributed by atoms with E-state index in [0.29, 0.717) is 5.69 Å². The summed E-state index contributed by atoms with van der Waals surface area (Å²) in [6, 6.07) is 14.0. The summed E-state index contributed by atoms with van der Waals surface area (Å²) in [7, 11) is 1.68. The topological polar surface area (TPSA) is 56.8 Å². The fourth-order valence-corrected chi connectivity index (χ4v) is 3.01. The summed E-state index contributed by atoms with van der Waals surface area (Å²) < 4.78 is 19.1. The van der Waals surface area contributed by atoms with E-state index in [2.05, 4.69) is 15.5 Å². The molecule has 0 bridgehead atoms. The van der Waals surface area contributed by atoms with Crippen molar-refractivity contribution in [1.82, 2.24) is 4.90 Å². The number of thiocarbonyl (C=S) groups is 1. The monoisotopic (exact) mass is 402 g/mol. The molecule has 2 aromatic carbocycles. The van der Waals surface area contributed by atoms with E-state index < -0.39 is 5.82 Å². The first kappa shape index (κ1) is 20.0. The molecule has 0 radical (unpaired) electrons. The number of morpholine rings is 1. The van der Waals surface area contributed by atoms with Gasteiger partial charge in [-0.3, -0.25) is 4.79 Å². The molecular formula is C20H23FN4O2S. The molecule has 1 aliphatic rings. The highest BCUT2D eigenvalue weighted by Gasteiger charge is 2.13. The van der Waals surface area contributed by atoms with E-state index in [-0.39, 0.29) is 23.3 Å². The van der Waals surface area contributed by atoms with Crippen molar-refractivity contribution in [2.24, 2.45) is 0 Å². The van der Waals surface area contributed by atoms with Gasteiger partial charge in [0.1, 0.15) is 5.82 Å². The van der Waals surface area contributed by atoms with Gasteiger partial charge < -0.3 is 25.2 Å². The van der Waals surface area contributed by atoms with E-state index in [1.807, 2.05) is 24.3 Å². The van der Waals surface area contributed by atoms with Crippen LogP contribution in [0.25, 0.3) is 0 Å². The van der Waals surface area contributed by atoms with Gasteiger partial charge >= 0.3 is 0 Å². The van der Waals surface area contributed by atoms with Crippen molar-refractivity contribution in [2.75, 3.05) is 55.4 Å². The number of ether oxygens (including phenoxy) is 1. The fraction of sp³-hybridized carbons (Fsp3) is 0.300. The molecule has 3 rings (SSSR count). The highest BCUT2D eigenvalue weighted by Crippen LogP contribution is 2.19. The Morgan fingerprint density at radius 1 is 1.14 bits per heavy atom. The number of halogens is 1. The molecule has 0 aliphatic carbocycles. The predicted molar refractivity (Wildman–Crippen MR) is 113 cm³/mol. The maximum absolute atomic E-state index is 13.7. The van der Waals surface area contributed by atoms with Crippen LogP contribution < -0.4 is 15.5 Å². The SMILES string of the molecule is CN(CC(=O)Nc1ccc(N2CCOCC2)cc1)C(=S)Nc1ccccc1F. The standard InChI is InChI=1S/C20H23FN4O2S/c1-24(20(28)23-18-5-3-2-4-17(18)21)14-19(26)22-15-6-8-16(9-7-15)25-10-12-27-13-11-25/h2-9H,10-14H2,1H3,(H,22,26)(H,23,28). The number of nitrogens with zero attached hydrogens (tertiary/aromatic N) is 2. The Balaban J connectivity index is 1.50. The predicted octanol–water partition coefficient (Wildman–Crippen LogP) is 2.93. The molecule has 0 saturated carbocycles. The number of amides is 1. The van der Waals surface area contributed by atoms with Crippen molar-refractivity contribution < 1.29 is 13.9 Å². The number of carbonyl (C=O) groups excluding carboxylic acids is 1. The number of anilines is 3. The maximum atomic E-state index is 13.7. The number of likely N-dealkylation sites (N-methyl/N-ethyl adjacent to an activating group) is 1. The van der Waals surface area contributed by atoms with Gasteiger partial charge in [-0.2, -0.15) is 0 Å². The lowest BCUT2D eigenvalue weighted by Gasteiger charge is -2.29. The third-order valence-electron chi connectivity index (χ3n) is 4.37. The third kappa shape index (κ3) is 5.40. The molecule has 1 aliphatic heterocycles. The summed E-state index contributed by atoms with van der Waals surface area (Å²) in [6.07, 6.45) is 0. The minimum atomic E-state index is -0.400. The van der Waals surface area contributed by atoms with Crippen LogP contribution in [0.4, 0.5) is 21.5 Å². The summed E-state index contributed by atoms with van der Waals surface area (Å²) in [6.45, 7) is 3.23. The highest BCUT2D eigenvalue weighted by molar-refractivity contribution is 7.80. The molecule has 0 atom stereocenters. The van der Waals surface area contributed by atoms with Gasteiger partial charge in [-0.25, -0.2) is 4.39 Å². The second-order valence-electron chi connectivity index (χ2n) is 6.46. The van der Waals surface area contributed by atoms with E-state index in [9.17, 15) is 9.18 Å². The summed E-state index contributed by atoms with van der Waals surface area (Å²) in [5.74, 6) is -0.609. The number of hydrogen-bond acceptors (Lipinski definition) is 4. The summed E-state index contributed by atoms with van der Waals surface area (Å²) in [5.41, 5.74) is 2.09. The van der Waals surface area contributed by atoms with Crippen molar-refractivity contribution in [3.8, 4) is 0 Å². The Bertz CT molecular complexity index is 825. The molecule has 2 aromatic rings. The van der Waals surface area contributed by atoms with Crippen molar-refractivity contribution in [3.63, 3.8) is 0 Å². The maximum Gasteiger partial charge on any atom is 0.243 e. The van der Waals surface area contributed by atoms with Crippen LogP contribution in [0, 0.1) is 5.82 Å². The van der Waals surface area contributed by atoms with E-state index in [1.165, 1.54) is 6.07 Å². The molecule has 1 heterocycles. The summed E-state index contributed by atoms with van der Waals surface area (Å²) in [5, 5.41) is 5.92. The molecule has 1 amide bonds. The van der Waals surface area contributed by atoms with Gasteiger partial charge in [-0.05, 0) is 48.6 Å². The minimum absolute atomic E-state index is 0.0471. The molecule has 1 saturated heterocycles. The zero-order valence-corrected chi connectivity index (χ0v) is 16.5. The van der Waals surface area contributed by atoms with Gasteiger partial charge in [-0.1, -0.05) is 12.1 Å². The van der Waals surface area contributed by atoms with Crippen LogP contribution in [0.2, 0.25) is 0 Å². The fourth-order valence-electron chi connectivity index (χ4n) is 2.84. The Kier molecular flexibility index (Phi) is 6.78. The minimum Gasteiger partial charge on any atom is -0.378 e. The van der Waals surface area contributed by atoms with Crippen molar-refractivity contribution >= 4 is 40.3 Å². The van der Waals surface area contributed by atoms with Crippen molar-refractivity contribution in [1.29, 1.82) is 0 Å². The van der Waals surface area contributed by atoms with Gasteiger partial charge in [0.05, 0.1) is 25.4 Å². The smallest absolute Gasteiger partial charge is 0.243 e. The van der Waals surface area contributed by atoms with Crippen LogP contribution in [0.3, 0.4) is 0 Å². The van der Waals surface area contributed by atoms with E-state index >= 15 is 0 Å². The molecule has 8 heteroatoms. The lowest BCUT2D eigenvalue weighted by atomic mass is 10.2. The van der Waals surface area contributed by atoms with Crippen LogP contribution in [-0.4, -0.2) is 55.8 Å². The largest absolute Gasteiger partial charge is 0.378 e. The number of para-hydroxylation sites is 1. The molecule has 0 unspecified atom stereocenters. The second-order valence-corrected chi connectivity index (χ2v) is 6.85. The summed E-state index contributed by atoms with van der Waals surface area (Å²) >= 11 is 5.24. The molecule has 6 nitrogen and oxygen atoms in total. The Morgan fingerprint density at radius 3 is 2.50 bits per heavy atom. The molecule has 0 spiro atoms. The van der Waals surface area contributed by atoms with Crippen LogP contribution in [-0.2, 0) is 9.53 Å². The number of nitrogens with one attached hydrogen (secondary N) is 2. The quantitative estimate of drug-likeness (QED) is 0.750. The molecule has 2 N–H and O–H groups in total. The Hall–Kier alpha value is -2.71. The molecule has 28 heavy (non-hydrogen) atoms. The third-order valence-corrected chi connectivity index (χ3v) is 4.78. The van der Waals surface area contributed by atoms with Gasteiger partial charge in [0, 0.05) is 31.5 Å². The molecule has 0 aromatic heterocycles. The number of hydrogen-bond donors (Lipinski definition) is 2. The zero-order valence-electron chi connectivity index (χ0n) is 15.7. The van der Waals surface area contributed by atoms with Crippen molar-refractivity contribution in [3.05, 3.63) is 54.3 Å². The van der Waals surface area contributed by atoms with Gasteiger partial charge in [0.15, 0.2) is 5.11 Å². The Labute approximate surface area is 169 Å². The molecule has 1 fully saturated rings. The summed E-state index contributed by atoms with van der Waals surface area (Å²) in [4.78, 5) is 16.1. The van der Waals surface area contributed by atoms with E-state index in [0.717, 1.165) is 32.0 Å². The van der Waals surface area contributed by atoms with Crippen molar-refractivity contribution in [2.45, 2.75) is 0 Å². The van der Waals surface area contributed by atoms with Gasteiger partial charge in [0.2, 0.25) is 5.91 Å². The lowest BCUT2D eigenvalue weighted by Crippen LogP contribution is -2.37. The van der Waals surface area contributed by atoms with Crippen LogP contribution in [0.15, 0.2) is 48.5 Å². The lowest BCUT2D eigenvalue weighted by molar-refractivity contribution is -0.116. The average Bonchev–Trinajstić information content (AvgIpc) is 2.71. The number of benzene rings is 2. The van der Waals surface area contributed by atoms with Crippen LogP contribution in [0.1, 0.15) is 0 Å². The first-order chi connectivity index (χ1) is 13.5. The first-order valence-corrected chi connectivity index (χ1v) is 9.43. The number of rotatable bonds is 5. The van der Waals surface area contributed by atoms with Crippen LogP contribution in [0.5, 0.6) is 0 Å². The first-order valence-electron chi connectivity index (χ1n) is 9.02. The highest BCUT2D eigenvalue weighted by atomic mass is 32.1. The molecule has 148 valence electrons. The second kappa shape index (κ2) is 9.48. The Morgan fingerprint density at radius 2 is 1.82 bits per heavy atom. The van der Waals surface area contributed by atoms with E-state index in [1.54, 1.807) is 30.1 Å². The zero-order chi connectivity index (χ0) is 19.9. The van der Waals surface area contributed by atoms with E-state index in [4.69, 9.17) is 17.0 Å². The average molecular weight is 402 g/mol.